The van der Waals surface area contributed by atoms with Crippen LogP contribution in [0.5, 0.6) is 5.75 Å². The summed E-state index contributed by atoms with van der Waals surface area (Å²) in [6.07, 6.45) is 8.62. The van der Waals surface area contributed by atoms with E-state index in [2.05, 4.69) is 28.8 Å². The number of hydrogen-bond donors (Lipinski definition) is 2. The van der Waals surface area contributed by atoms with Crippen LogP contribution >= 0.6 is 0 Å². The predicted octanol–water partition coefficient (Wildman–Crippen LogP) is 5.33. The zero-order chi connectivity index (χ0) is 24.6. The van der Waals surface area contributed by atoms with Crippen molar-refractivity contribution in [1.29, 1.82) is 0 Å². The first-order chi connectivity index (χ1) is 16.5. The van der Waals surface area contributed by atoms with Gasteiger partial charge in [-0.2, -0.15) is 0 Å². The fourth-order valence-electron chi connectivity index (χ4n) is 3.39. The first kappa shape index (κ1) is 26.9. The number of hydrogen-bond acceptors (Lipinski definition) is 5. The number of nitrogens with one attached hydrogen (secondary N) is 1. The summed E-state index contributed by atoms with van der Waals surface area (Å²) in [5, 5.41) is 12.8. The second-order valence-corrected chi connectivity index (χ2v) is 8.12. The molecule has 34 heavy (non-hydrogen) atoms. The van der Waals surface area contributed by atoms with Crippen molar-refractivity contribution in [3.05, 3.63) is 64.7 Å². The lowest BCUT2D eigenvalue weighted by molar-refractivity contribution is -0.142. The molecule has 0 unspecified atom stereocenters. The molecule has 6 heteroatoms. The van der Waals surface area contributed by atoms with Gasteiger partial charge in [0.15, 0.2) is 6.61 Å². The summed E-state index contributed by atoms with van der Waals surface area (Å²) in [6, 6.07) is 13.0. The van der Waals surface area contributed by atoms with Crippen LogP contribution in [-0.2, 0) is 22.6 Å². The van der Waals surface area contributed by atoms with E-state index in [0.717, 1.165) is 23.1 Å². The van der Waals surface area contributed by atoms with Crippen LogP contribution in [0.3, 0.4) is 0 Å². The van der Waals surface area contributed by atoms with E-state index in [9.17, 15) is 14.7 Å². The minimum Gasteiger partial charge on any atom is -0.481 e. The third kappa shape index (κ3) is 10.1. The lowest BCUT2D eigenvalue weighted by atomic mass is 10.1. The fourth-order valence-corrected chi connectivity index (χ4v) is 3.39. The highest BCUT2D eigenvalue weighted by atomic mass is 16.6. The minimum absolute atomic E-state index is 0.00656. The molecule has 0 aromatic heterocycles. The first-order valence-electron chi connectivity index (χ1n) is 11.9. The number of methoxy groups -OCH3 is 1. The molecule has 0 spiro atoms. The third-order valence-corrected chi connectivity index (χ3v) is 5.35. The zero-order valence-corrected chi connectivity index (χ0v) is 20.2. The minimum atomic E-state index is -1.12. The summed E-state index contributed by atoms with van der Waals surface area (Å²) in [4.78, 5) is 22.8. The number of carboxylic acids is 1. The van der Waals surface area contributed by atoms with Gasteiger partial charge in [0.05, 0.1) is 7.11 Å². The van der Waals surface area contributed by atoms with Crippen LogP contribution in [0.1, 0.15) is 78.9 Å². The highest BCUT2D eigenvalue weighted by molar-refractivity contribution is 5.91. The lowest BCUT2D eigenvalue weighted by Gasteiger charge is -2.11. The second kappa shape index (κ2) is 15.5. The van der Waals surface area contributed by atoms with E-state index in [1.54, 1.807) is 18.2 Å². The van der Waals surface area contributed by atoms with Crippen molar-refractivity contribution in [2.24, 2.45) is 0 Å². The van der Waals surface area contributed by atoms with Crippen LogP contribution in [0.4, 0.5) is 0 Å². The Balaban J connectivity index is 1.79. The molecule has 0 amide bonds. The van der Waals surface area contributed by atoms with Gasteiger partial charge in [-0.1, -0.05) is 69.1 Å². The molecule has 0 aliphatic carbocycles. The number of esters is 1. The predicted molar refractivity (Wildman–Crippen MR) is 133 cm³/mol. The molecule has 0 aliphatic rings. The number of carboxylic acid groups (broad SMARTS) is 1. The van der Waals surface area contributed by atoms with Crippen LogP contribution in [-0.4, -0.2) is 30.8 Å². The molecular formula is C28H35NO5. The molecule has 0 saturated carbocycles. The van der Waals surface area contributed by atoms with Crippen molar-refractivity contribution in [3.63, 3.8) is 0 Å². The van der Waals surface area contributed by atoms with Gasteiger partial charge in [0.1, 0.15) is 11.3 Å². The topological polar surface area (TPSA) is 84.9 Å². The van der Waals surface area contributed by atoms with Gasteiger partial charge < -0.3 is 19.9 Å². The van der Waals surface area contributed by atoms with Gasteiger partial charge in [-0.3, -0.25) is 0 Å². The highest BCUT2D eigenvalue weighted by Crippen LogP contribution is 2.20. The maximum Gasteiger partial charge on any atom is 0.343 e. The van der Waals surface area contributed by atoms with Gasteiger partial charge in [0.2, 0.25) is 0 Å². The van der Waals surface area contributed by atoms with Crippen LogP contribution in [0.25, 0.3) is 0 Å². The van der Waals surface area contributed by atoms with Crippen LogP contribution in [0.15, 0.2) is 42.5 Å². The van der Waals surface area contributed by atoms with Crippen molar-refractivity contribution in [2.45, 2.75) is 65.0 Å². The van der Waals surface area contributed by atoms with E-state index in [1.807, 2.05) is 24.3 Å². The molecule has 2 aromatic carbocycles. The molecule has 0 bridgehead atoms. The molecule has 2 N–H and O–H groups in total. The second-order valence-electron chi connectivity index (χ2n) is 8.12. The molecule has 0 atom stereocenters. The monoisotopic (exact) mass is 465 g/mol. The lowest BCUT2D eigenvalue weighted by Crippen LogP contribution is -2.16. The Morgan fingerprint density at radius 1 is 0.941 bits per heavy atom. The number of ether oxygens (including phenoxy) is 2. The Hall–Kier alpha value is -3.30. The summed E-state index contributed by atoms with van der Waals surface area (Å²) in [6.45, 7) is 3.04. The SMILES string of the molecule is CCCCCCCCC#Cc1ccc(CNCc2ccc(OCC(=O)OC)c(C(=O)O)c2)cc1. The van der Waals surface area contributed by atoms with Crippen molar-refractivity contribution >= 4 is 11.9 Å². The fraction of sp³-hybridized carbons (Fsp3) is 0.429. The van der Waals surface area contributed by atoms with E-state index in [-0.39, 0.29) is 17.9 Å². The van der Waals surface area contributed by atoms with Gasteiger partial charge in [-0.15, -0.1) is 0 Å². The zero-order valence-electron chi connectivity index (χ0n) is 20.2. The van der Waals surface area contributed by atoms with Crippen LogP contribution in [0, 0.1) is 11.8 Å². The summed E-state index contributed by atoms with van der Waals surface area (Å²) >= 11 is 0. The molecule has 2 rings (SSSR count). The number of rotatable bonds is 14. The van der Waals surface area contributed by atoms with Gasteiger partial charge in [-0.25, -0.2) is 9.59 Å². The molecule has 6 nitrogen and oxygen atoms in total. The quantitative estimate of drug-likeness (QED) is 0.223. The van der Waals surface area contributed by atoms with Crippen LogP contribution < -0.4 is 10.1 Å². The van der Waals surface area contributed by atoms with Crippen molar-refractivity contribution < 1.29 is 24.2 Å². The summed E-state index contributed by atoms with van der Waals surface area (Å²) in [7, 11) is 1.25. The Morgan fingerprint density at radius 2 is 1.62 bits per heavy atom. The van der Waals surface area contributed by atoms with Crippen molar-refractivity contribution in [1.82, 2.24) is 5.32 Å². The highest BCUT2D eigenvalue weighted by Gasteiger charge is 2.14. The van der Waals surface area contributed by atoms with E-state index in [0.29, 0.717) is 13.1 Å². The number of benzene rings is 2. The van der Waals surface area contributed by atoms with Gasteiger partial charge >= 0.3 is 11.9 Å². The Labute approximate surface area is 202 Å². The number of carbonyl (C=O) groups excluding carboxylic acids is 1. The molecule has 2 aromatic rings. The van der Waals surface area contributed by atoms with E-state index in [1.165, 1.54) is 45.6 Å². The Morgan fingerprint density at radius 3 is 2.32 bits per heavy atom. The molecular weight excluding hydrogens is 430 g/mol. The van der Waals surface area contributed by atoms with E-state index >= 15 is 0 Å². The smallest absolute Gasteiger partial charge is 0.343 e. The average molecular weight is 466 g/mol. The first-order valence-corrected chi connectivity index (χ1v) is 11.9. The van der Waals surface area contributed by atoms with Gasteiger partial charge in [0, 0.05) is 25.1 Å². The summed E-state index contributed by atoms with van der Waals surface area (Å²) in [5.41, 5.74) is 2.95. The summed E-state index contributed by atoms with van der Waals surface area (Å²) in [5.74, 6) is 4.94. The molecule has 0 fully saturated rings. The standard InChI is InChI=1S/C28H35NO5/c1-3-4-5-6-7-8-9-10-11-22-12-14-23(15-13-22)19-29-20-24-16-17-26(25(18-24)28(31)32)34-21-27(30)33-2/h12-18,29H,3-9,19-21H2,1-2H3,(H,31,32). The molecule has 0 saturated heterocycles. The maximum absolute atomic E-state index is 11.6. The number of carbonyl (C=O) groups is 2. The largest absolute Gasteiger partial charge is 0.481 e. The molecule has 0 aliphatic heterocycles. The Kier molecular flexibility index (Phi) is 12.3. The molecule has 0 heterocycles. The maximum atomic E-state index is 11.6. The normalized spacial score (nSPS) is 10.3. The van der Waals surface area contributed by atoms with E-state index < -0.39 is 11.9 Å². The van der Waals surface area contributed by atoms with Crippen molar-refractivity contribution in [3.8, 4) is 17.6 Å². The van der Waals surface area contributed by atoms with Crippen molar-refractivity contribution in [2.75, 3.05) is 13.7 Å². The van der Waals surface area contributed by atoms with Gasteiger partial charge in [-0.05, 0) is 41.8 Å². The number of aromatic carboxylic acids is 1. The van der Waals surface area contributed by atoms with E-state index in [4.69, 9.17) is 4.74 Å². The van der Waals surface area contributed by atoms with Crippen LogP contribution in [0.2, 0.25) is 0 Å². The molecule has 182 valence electrons. The Bertz CT molecular complexity index is 973. The molecule has 0 radical (unpaired) electrons. The average Bonchev–Trinajstić information content (AvgIpc) is 2.85. The summed E-state index contributed by atoms with van der Waals surface area (Å²) < 4.78 is 9.78. The van der Waals surface area contributed by atoms with Gasteiger partial charge in [0.25, 0.3) is 0 Å². The number of unbranched alkanes of at least 4 members (excludes halogenated alkanes) is 6. The third-order valence-electron chi connectivity index (χ3n) is 5.35.